The second kappa shape index (κ2) is 7.51. The van der Waals surface area contributed by atoms with Gasteiger partial charge in [0.2, 0.25) is 10.0 Å². The molecule has 1 saturated heterocycles. The first kappa shape index (κ1) is 19.4. The van der Waals surface area contributed by atoms with Crippen LogP contribution in [0, 0.1) is 5.82 Å². The lowest BCUT2D eigenvalue weighted by atomic mass is 9.98. The van der Waals surface area contributed by atoms with Gasteiger partial charge in [0.05, 0.1) is 29.9 Å². The predicted octanol–water partition coefficient (Wildman–Crippen LogP) is 2.04. The van der Waals surface area contributed by atoms with Gasteiger partial charge in [-0.25, -0.2) is 17.8 Å². The van der Waals surface area contributed by atoms with Gasteiger partial charge in [-0.1, -0.05) is 30.3 Å². The van der Waals surface area contributed by atoms with Gasteiger partial charge in [0.1, 0.15) is 11.6 Å². The van der Waals surface area contributed by atoms with Crippen LogP contribution in [0.4, 0.5) is 10.2 Å². The average molecular weight is 414 g/mol. The first-order valence-electron chi connectivity index (χ1n) is 8.95. The molecule has 0 aliphatic carbocycles. The van der Waals surface area contributed by atoms with Crippen molar-refractivity contribution < 1.29 is 17.9 Å². The molecule has 29 heavy (non-hydrogen) atoms. The van der Waals surface area contributed by atoms with E-state index in [1.54, 1.807) is 36.4 Å². The lowest BCUT2D eigenvalue weighted by molar-refractivity contribution is 0.0547. The molecular formula is C20H19FN4O3S. The summed E-state index contributed by atoms with van der Waals surface area (Å²) in [5.41, 5.74) is 7.91. The minimum absolute atomic E-state index is 0.108. The first-order chi connectivity index (χ1) is 13.8. The molecule has 1 fully saturated rings. The van der Waals surface area contributed by atoms with Crippen molar-refractivity contribution in [1.29, 1.82) is 0 Å². The SMILES string of the molecule is Nc1cnc(-c2ccc(-c3ccccc3CS(=O)(=O)N3CC(O)C3)cc2F)cn1. The summed E-state index contributed by atoms with van der Waals surface area (Å²) in [5.74, 6) is -0.469. The number of nitrogens with zero attached hydrogens (tertiary/aromatic N) is 3. The van der Waals surface area contributed by atoms with E-state index in [0.29, 0.717) is 22.4 Å². The van der Waals surface area contributed by atoms with Crippen molar-refractivity contribution in [2.75, 3.05) is 18.8 Å². The number of halogens is 1. The lowest BCUT2D eigenvalue weighted by Gasteiger charge is -2.34. The zero-order chi connectivity index (χ0) is 20.6. The van der Waals surface area contributed by atoms with E-state index in [4.69, 9.17) is 5.73 Å². The number of benzene rings is 2. The lowest BCUT2D eigenvalue weighted by Crippen LogP contribution is -2.53. The molecule has 1 aromatic heterocycles. The Balaban J connectivity index is 1.65. The molecule has 1 aliphatic heterocycles. The topological polar surface area (TPSA) is 109 Å². The fourth-order valence-electron chi connectivity index (χ4n) is 3.23. The fourth-order valence-corrected chi connectivity index (χ4v) is 4.85. The van der Waals surface area contributed by atoms with E-state index < -0.39 is 21.9 Å². The first-order valence-corrected chi connectivity index (χ1v) is 10.6. The Labute approximate surface area is 167 Å². The second-order valence-electron chi connectivity index (χ2n) is 6.91. The van der Waals surface area contributed by atoms with Crippen LogP contribution in [0.25, 0.3) is 22.4 Å². The van der Waals surface area contributed by atoms with Crippen molar-refractivity contribution in [2.24, 2.45) is 0 Å². The Morgan fingerprint density at radius 2 is 1.86 bits per heavy atom. The Morgan fingerprint density at radius 3 is 2.52 bits per heavy atom. The minimum atomic E-state index is -3.56. The van der Waals surface area contributed by atoms with Crippen molar-refractivity contribution in [3.05, 3.63) is 66.2 Å². The molecule has 4 rings (SSSR count). The quantitative estimate of drug-likeness (QED) is 0.661. The van der Waals surface area contributed by atoms with E-state index in [1.165, 1.54) is 22.8 Å². The monoisotopic (exact) mass is 414 g/mol. The number of hydrogen-bond acceptors (Lipinski definition) is 6. The van der Waals surface area contributed by atoms with Gasteiger partial charge in [0.25, 0.3) is 0 Å². The molecule has 0 radical (unpaired) electrons. The summed E-state index contributed by atoms with van der Waals surface area (Å²) < 4.78 is 41.1. The molecule has 0 spiro atoms. The third-order valence-electron chi connectivity index (χ3n) is 4.81. The van der Waals surface area contributed by atoms with Crippen LogP contribution in [0.5, 0.6) is 0 Å². The van der Waals surface area contributed by atoms with E-state index >= 15 is 0 Å². The molecule has 1 aliphatic rings. The summed E-state index contributed by atoms with van der Waals surface area (Å²) in [6.07, 6.45) is 2.14. The van der Waals surface area contributed by atoms with Crippen molar-refractivity contribution in [2.45, 2.75) is 11.9 Å². The summed E-state index contributed by atoms with van der Waals surface area (Å²) in [5, 5.41) is 9.38. The van der Waals surface area contributed by atoms with Gasteiger partial charge in [-0.15, -0.1) is 0 Å². The number of aliphatic hydroxyl groups is 1. The van der Waals surface area contributed by atoms with E-state index in [2.05, 4.69) is 9.97 Å². The van der Waals surface area contributed by atoms with Gasteiger partial charge in [-0.05, 0) is 28.8 Å². The Kier molecular flexibility index (Phi) is 5.03. The molecule has 2 aromatic carbocycles. The Hall–Kier alpha value is -2.88. The van der Waals surface area contributed by atoms with Gasteiger partial charge < -0.3 is 10.8 Å². The van der Waals surface area contributed by atoms with Crippen LogP contribution in [-0.4, -0.2) is 47.0 Å². The molecular weight excluding hydrogens is 395 g/mol. The zero-order valence-electron chi connectivity index (χ0n) is 15.4. The third kappa shape index (κ3) is 3.98. The number of nitrogens with two attached hydrogens (primary N) is 1. The van der Waals surface area contributed by atoms with Crippen LogP contribution in [0.1, 0.15) is 5.56 Å². The molecule has 3 N–H and O–H groups in total. The molecule has 0 bridgehead atoms. The van der Waals surface area contributed by atoms with Crippen LogP contribution in [0.3, 0.4) is 0 Å². The zero-order valence-corrected chi connectivity index (χ0v) is 16.2. The Bertz CT molecular complexity index is 1150. The Morgan fingerprint density at radius 1 is 1.10 bits per heavy atom. The van der Waals surface area contributed by atoms with E-state index in [-0.39, 0.29) is 30.2 Å². The number of rotatable bonds is 5. The van der Waals surface area contributed by atoms with Crippen LogP contribution in [0.2, 0.25) is 0 Å². The summed E-state index contributed by atoms with van der Waals surface area (Å²) in [6.45, 7) is 0.215. The van der Waals surface area contributed by atoms with Gasteiger partial charge in [0, 0.05) is 18.7 Å². The average Bonchev–Trinajstić information content (AvgIpc) is 2.66. The van der Waals surface area contributed by atoms with Gasteiger partial charge in [-0.3, -0.25) is 4.98 Å². The van der Waals surface area contributed by atoms with E-state index in [9.17, 15) is 17.9 Å². The summed E-state index contributed by atoms with van der Waals surface area (Å²) in [4.78, 5) is 8.01. The number of aromatic nitrogens is 2. The highest BCUT2D eigenvalue weighted by Crippen LogP contribution is 2.30. The smallest absolute Gasteiger partial charge is 0.218 e. The fraction of sp³-hybridized carbons (Fsp3) is 0.200. The van der Waals surface area contributed by atoms with Gasteiger partial charge in [0.15, 0.2) is 0 Å². The highest BCUT2D eigenvalue weighted by Gasteiger charge is 2.34. The summed E-state index contributed by atoms with van der Waals surface area (Å²) in [6, 6.07) is 11.6. The summed E-state index contributed by atoms with van der Waals surface area (Å²) >= 11 is 0. The predicted molar refractivity (Wildman–Crippen MR) is 107 cm³/mol. The van der Waals surface area contributed by atoms with E-state index in [0.717, 1.165) is 0 Å². The highest BCUT2D eigenvalue weighted by molar-refractivity contribution is 7.88. The van der Waals surface area contributed by atoms with Crippen molar-refractivity contribution in [3.8, 4) is 22.4 Å². The van der Waals surface area contributed by atoms with Crippen molar-refractivity contribution in [3.63, 3.8) is 0 Å². The van der Waals surface area contributed by atoms with Crippen LogP contribution in [-0.2, 0) is 15.8 Å². The van der Waals surface area contributed by atoms with Gasteiger partial charge in [-0.2, -0.15) is 4.31 Å². The van der Waals surface area contributed by atoms with Crippen molar-refractivity contribution >= 4 is 15.8 Å². The molecule has 0 unspecified atom stereocenters. The number of β-amino-alcohol motifs (C(OH)–C–C–N with tert-alkyl or cyclic N) is 1. The number of anilines is 1. The molecule has 9 heteroatoms. The largest absolute Gasteiger partial charge is 0.390 e. The number of nitrogen functional groups attached to an aromatic ring is 1. The van der Waals surface area contributed by atoms with Crippen LogP contribution >= 0.6 is 0 Å². The van der Waals surface area contributed by atoms with Crippen LogP contribution in [0.15, 0.2) is 54.9 Å². The summed E-state index contributed by atoms with van der Waals surface area (Å²) in [7, 11) is -3.56. The minimum Gasteiger partial charge on any atom is -0.390 e. The van der Waals surface area contributed by atoms with Crippen LogP contribution < -0.4 is 5.73 Å². The number of hydrogen-bond donors (Lipinski definition) is 2. The molecule has 150 valence electrons. The molecule has 3 aromatic rings. The molecule has 7 nitrogen and oxygen atoms in total. The number of sulfonamides is 1. The molecule has 0 atom stereocenters. The molecule has 2 heterocycles. The van der Waals surface area contributed by atoms with Crippen molar-refractivity contribution in [1.82, 2.24) is 14.3 Å². The molecule has 0 saturated carbocycles. The maximum absolute atomic E-state index is 14.8. The second-order valence-corrected chi connectivity index (χ2v) is 8.87. The standard InChI is InChI=1S/C20H19FN4O3S/c21-18-7-13(5-6-17(18)19-8-24-20(22)9-23-19)16-4-2-1-3-14(16)12-29(27,28)25-10-15(26)11-25/h1-9,15,26H,10-12H2,(H2,22,24). The van der Waals surface area contributed by atoms with E-state index in [1.807, 2.05) is 0 Å². The molecule has 0 amide bonds. The maximum Gasteiger partial charge on any atom is 0.218 e. The van der Waals surface area contributed by atoms with Gasteiger partial charge >= 0.3 is 0 Å². The maximum atomic E-state index is 14.8. The third-order valence-corrected chi connectivity index (χ3v) is 6.57. The normalized spacial score (nSPS) is 15.2. The number of aliphatic hydroxyl groups excluding tert-OH is 1. The highest BCUT2D eigenvalue weighted by atomic mass is 32.2.